The maximum absolute atomic E-state index is 12.4. The zero-order valence-corrected chi connectivity index (χ0v) is 12.3. The topological polar surface area (TPSA) is 72.6 Å². The maximum Gasteiger partial charge on any atom is 0.328 e. The summed E-state index contributed by atoms with van der Waals surface area (Å²) in [5, 5.41) is 0. The Morgan fingerprint density at radius 2 is 2.10 bits per heavy atom. The molecule has 5 nitrogen and oxygen atoms in total. The SMILES string of the molecule is COC(=O)[C@@H]1CCCN1C(=O)[C@H](N)CCc1ccccc1. The number of aryl methyl sites for hydroxylation is 1. The van der Waals surface area contributed by atoms with Gasteiger partial charge in [0.1, 0.15) is 6.04 Å². The molecule has 0 spiro atoms. The molecule has 2 atom stereocenters. The van der Waals surface area contributed by atoms with E-state index >= 15 is 0 Å². The van der Waals surface area contributed by atoms with E-state index in [1.165, 1.54) is 7.11 Å². The summed E-state index contributed by atoms with van der Waals surface area (Å²) in [7, 11) is 1.35. The monoisotopic (exact) mass is 290 g/mol. The number of nitrogens with zero attached hydrogens (tertiary/aromatic N) is 1. The summed E-state index contributed by atoms with van der Waals surface area (Å²) >= 11 is 0. The van der Waals surface area contributed by atoms with Crippen LogP contribution < -0.4 is 5.73 Å². The molecule has 5 heteroatoms. The minimum atomic E-state index is -0.574. The maximum atomic E-state index is 12.4. The summed E-state index contributed by atoms with van der Waals surface area (Å²) in [6.07, 6.45) is 2.80. The van der Waals surface area contributed by atoms with Crippen LogP contribution in [0.5, 0.6) is 0 Å². The summed E-state index contributed by atoms with van der Waals surface area (Å²) in [5.74, 6) is -0.505. The first-order valence-corrected chi connectivity index (χ1v) is 7.31. The Bertz CT molecular complexity index is 490. The van der Waals surface area contributed by atoms with Crippen LogP contribution in [0.4, 0.5) is 0 Å². The van der Waals surface area contributed by atoms with Crippen LogP contribution in [0.3, 0.4) is 0 Å². The van der Waals surface area contributed by atoms with Crippen LogP contribution >= 0.6 is 0 Å². The van der Waals surface area contributed by atoms with Crippen LogP contribution in [0.1, 0.15) is 24.8 Å². The number of carbonyl (C=O) groups excluding carboxylic acids is 2. The van der Waals surface area contributed by atoms with Crippen molar-refractivity contribution in [1.29, 1.82) is 0 Å². The zero-order chi connectivity index (χ0) is 15.2. The number of hydrogen-bond donors (Lipinski definition) is 1. The molecule has 1 fully saturated rings. The molecule has 1 heterocycles. The predicted molar refractivity (Wildman–Crippen MR) is 79.5 cm³/mol. The molecule has 2 N–H and O–H groups in total. The Labute approximate surface area is 125 Å². The molecule has 0 aromatic heterocycles. The number of carbonyl (C=O) groups is 2. The Morgan fingerprint density at radius 3 is 2.76 bits per heavy atom. The van der Waals surface area contributed by atoms with Crippen molar-refractivity contribution in [2.75, 3.05) is 13.7 Å². The number of ether oxygens (including phenoxy) is 1. The molecule has 1 saturated heterocycles. The molecule has 0 aliphatic carbocycles. The van der Waals surface area contributed by atoms with Gasteiger partial charge in [-0.15, -0.1) is 0 Å². The number of rotatable bonds is 5. The van der Waals surface area contributed by atoms with Crippen molar-refractivity contribution in [2.45, 2.75) is 37.8 Å². The lowest BCUT2D eigenvalue weighted by molar-refractivity contribution is -0.151. The molecule has 21 heavy (non-hydrogen) atoms. The first kappa shape index (κ1) is 15.5. The third-order valence-corrected chi connectivity index (χ3v) is 3.91. The van der Waals surface area contributed by atoms with Crippen molar-refractivity contribution in [3.05, 3.63) is 35.9 Å². The molecule has 0 unspecified atom stereocenters. The van der Waals surface area contributed by atoms with Gasteiger partial charge in [0.25, 0.3) is 0 Å². The van der Waals surface area contributed by atoms with Gasteiger partial charge >= 0.3 is 5.97 Å². The highest BCUT2D eigenvalue weighted by molar-refractivity contribution is 5.88. The van der Waals surface area contributed by atoms with Crippen molar-refractivity contribution in [1.82, 2.24) is 4.90 Å². The molecular weight excluding hydrogens is 268 g/mol. The van der Waals surface area contributed by atoms with Gasteiger partial charge in [0.2, 0.25) is 5.91 Å². The molecule has 0 radical (unpaired) electrons. The van der Waals surface area contributed by atoms with E-state index in [-0.39, 0.29) is 11.9 Å². The molecule has 1 aromatic rings. The molecule has 1 aliphatic rings. The van der Waals surface area contributed by atoms with Gasteiger partial charge in [0.05, 0.1) is 13.2 Å². The van der Waals surface area contributed by atoms with Crippen molar-refractivity contribution in [2.24, 2.45) is 5.73 Å². The van der Waals surface area contributed by atoms with Gasteiger partial charge in [-0.3, -0.25) is 4.79 Å². The molecule has 114 valence electrons. The minimum absolute atomic E-state index is 0.154. The fraction of sp³-hybridized carbons (Fsp3) is 0.500. The number of nitrogens with two attached hydrogens (primary N) is 1. The van der Waals surface area contributed by atoms with Crippen molar-refractivity contribution in [3.8, 4) is 0 Å². The van der Waals surface area contributed by atoms with Gasteiger partial charge in [0, 0.05) is 6.54 Å². The van der Waals surface area contributed by atoms with E-state index in [2.05, 4.69) is 0 Å². The highest BCUT2D eigenvalue weighted by atomic mass is 16.5. The van der Waals surface area contributed by atoms with Crippen LogP contribution in [0.15, 0.2) is 30.3 Å². The standard InChI is InChI=1S/C16H22N2O3/c1-21-16(20)14-8-5-11-18(14)15(19)13(17)10-9-12-6-3-2-4-7-12/h2-4,6-7,13-14H,5,8-11,17H2,1H3/t13-,14+/m1/s1. The second-order valence-corrected chi connectivity index (χ2v) is 5.34. The Morgan fingerprint density at radius 1 is 1.38 bits per heavy atom. The van der Waals surface area contributed by atoms with Gasteiger partial charge in [-0.25, -0.2) is 4.79 Å². The van der Waals surface area contributed by atoms with E-state index in [0.29, 0.717) is 19.4 Å². The highest BCUT2D eigenvalue weighted by Gasteiger charge is 2.36. The first-order valence-electron chi connectivity index (χ1n) is 7.31. The largest absolute Gasteiger partial charge is 0.467 e. The van der Waals surface area contributed by atoms with E-state index in [1.807, 2.05) is 30.3 Å². The molecule has 1 aliphatic heterocycles. The third kappa shape index (κ3) is 3.82. The molecule has 1 aromatic carbocycles. The predicted octanol–water partition coefficient (Wildman–Crippen LogP) is 1.11. The fourth-order valence-electron chi connectivity index (χ4n) is 2.71. The number of methoxy groups -OCH3 is 1. The van der Waals surface area contributed by atoms with E-state index in [1.54, 1.807) is 4.90 Å². The lowest BCUT2D eigenvalue weighted by atomic mass is 10.0. The average molecular weight is 290 g/mol. The fourth-order valence-corrected chi connectivity index (χ4v) is 2.71. The Kier molecular flexibility index (Phi) is 5.33. The van der Waals surface area contributed by atoms with E-state index in [4.69, 9.17) is 10.5 Å². The van der Waals surface area contributed by atoms with Crippen LogP contribution in [-0.4, -0.2) is 42.5 Å². The summed E-state index contributed by atoms with van der Waals surface area (Å²) in [6, 6.07) is 8.89. The zero-order valence-electron chi connectivity index (χ0n) is 12.3. The Hall–Kier alpha value is -1.88. The van der Waals surface area contributed by atoms with Crippen LogP contribution in [-0.2, 0) is 20.7 Å². The number of esters is 1. The van der Waals surface area contributed by atoms with Crippen LogP contribution in [0.2, 0.25) is 0 Å². The van der Waals surface area contributed by atoms with Gasteiger partial charge in [0.15, 0.2) is 0 Å². The number of benzene rings is 1. The molecule has 2 rings (SSSR count). The van der Waals surface area contributed by atoms with Crippen molar-refractivity contribution < 1.29 is 14.3 Å². The molecule has 0 bridgehead atoms. The lowest BCUT2D eigenvalue weighted by Gasteiger charge is -2.25. The van der Waals surface area contributed by atoms with Crippen LogP contribution in [0, 0.1) is 0 Å². The second kappa shape index (κ2) is 7.22. The molecule has 0 saturated carbocycles. The lowest BCUT2D eigenvalue weighted by Crippen LogP contribution is -2.48. The van der Waals surface area contributed by atoms with Gasteiger partial charge < -0.3 is 15.4 Å². The average Bonchev–Trinajstić information content (AvgIpc) is 3.01. The van der Waals surface area contributed by atoms with Gasteiger partial charge in [-0.2, -0.15) is 0 Å². The van der Waals surface area contributed by atoms with E-state index in [9.17, 15) is 9.59 Å². The minimum Gasteiger partial charge on any atom is -0.467 e. The van der Waals surface area contributed by atoms with Crippen molar-refractivity contribution >= 4 is 11.9 Å². The quantitative estimate of drug-likeness (QED) is 0.825. The number of likely N-dealkylation sites (tertiary alicyclic amines) is 1. The van der Waals surface area contributed by atoms with E-state index in [0.717, 1.165) is 18.4 Å². The van der Waals surface area contributed by atoms with E-state index < -0.39 is 12.1 Å². The van der Waals surface area contributed by atoms with Gasteiger partial charge in [-0.05, 0) is 31.2 Å². The molecular formula is C16H22N2O3. The summed E-state index contributed by atoms with van der Waals surface area (Å²) < 4.78 is 4.75. The summed E-state index contributed by atoms with van der Waals surface area (Å²) in [6.45, 7) is 0.581. The number of amides is 1. The smallest absolute Gasteiger partial charge is 0.328 e. The normalized spacial score (nSPS) is 19.3. The Balaban J connectivity index is 1.91. The first-order chi connectivity index (χ1) is 10.1. The summed E-state index contributed by atoms with van der Waals surface area (Å²) in [5.41, 5.74) is 7.16. The van der Waals surface area contributed by atoms with Crippen molar-refractivity contribution in [3.63, 3.8) is 0 Å². The third-order valence-electron chi connectivity index (χ3n) is 3.91. The van der Waals surface area contributed by atoms with Crippen LogP contribution in [0.25, 0.3) is 0 Å². The second-order valence-electron chi connectivity index (χ2n) is 5.34. The summed E-state index contributed by atoms with van der Waals surface area (Å²) in [4.78, 5) is 25.6. The highest BCUT2D eigenvalue weighted by Crippen LogP contribution is 2.20. The van der Waals surface area contributed by atoms with Gasteiger partial charge in [-0.1, -0.05) is 30.3 Å². The molecule has 1 amide bonds. The number of hydrogen-bond acceptors (Lipinski definition) is 4.